The molecule has 0 aliphatic heterocycles. The van der Waals surface area contributed by atoms with Crippen LogP contribution < -0.4 is 4.74 Å². The van der Waals surface area contributed by atoms with E-state index < -0.39 is 8.32 Å². The maximum Gasteiger partial charge on any atom is 0.242 e. The van der Waals surface area contributed by atoms with Crippen molar-refractivity contribution in [3.05, 3.63) is 53.8 Å². The van der Waals surface area contributed by atoms with Crippen molar-refractivity contribution in [3.8, 4) is 5.75 Å². The topological polar surface area (TPSA) is 27.7 Å². The summed E-state index contributed by atoms with van der Waals surface area (Å²) in [7, 11) is 0.0952. The van der Waals surface area contributed by atoms with Crippen molar-refractivity contribution in [3.63, 3.8) is 0 Å². The van der Waals surface area contributed by atoms with E-state index in [0.717, 1.165) is 29.1 Å². The summed E-state index contributed by atoms with van der Waals surface area (Å²) in [6.45, 7) is 13.8. The number of benzene rings is 1. The first-order chi connectivity index (χ1) is 10.3. The van der Waals surface area contributed by atoms with E-state index in [0.29, 0.717) is 13.2 Å². The van der Waals surface area contributed by atoms with Gasteiger partial charge in [0.25, 0.3) is 0 Å². The van der Waals surface area contributed by atoms with Gasteiger partial charge < -0.3 is 13.9 Å². The minimum atomic E-state index is -1.57. The maximum absolute atomic E-state index is 5.87. The highest BCUT2D eigenvalue weighted by atomic mass is 28.4. The lowest BCUT2D eigenvalue weighted by Gasteiger charge is -2.21. The van der Waals surface area contributed by atoms with Crippen LogP contribution in [0.25, 0.3) is 0 Å². The second kappa shape index (κ2) is 8.81. The van der Waals surface area contributed by atoms with Gasteiger partial charge in [0.1, 0.15) is 5.75 Å². The molecule has 0 heterocycles. The Balaban J connectivity index is 2.28. The fourth-order valence-electron chi connectivity index (χ4n) is 1.83. The smallest absolute Gasteiger partial charge is 0.242 e. The minimum absolute atomic E-state index is 0.614. The lowest BCUT2D eigenvalue weighted by Crippen LogP contribution is -2.24. The van der Waals surface area contributed by atoms with E-state index in [2.05, 4.69) is 32.3 Å². The van der Waals surface area contributed by atoms with Gasteiger partial charge in [-0.25, -0.2) is 0 Å². The van der Waals surface area contributed by atoms with Crippen LogP contribution in [0.4, 0.5) is 0 Å². The molecule has 0 amide bonds. The lowest BCUT2D eigenvalue weighted by molar-refractivity contribution is 0.125. The summed E-state index contributed by atoms with van der Waals surface area (Å²) in [5.74, 6) is 1.65. The van der Waals surface area contributed by atoms with Crippen LogP contribution in [0, 0.1) is 0 Å². The van der Waals surface area contributed by atoms with Gasteiger partial charge >= 0.3 is 0 Å². The van der Waals surface area contributed by atoms with E-state index in [-0.39, 0.29) is 0 Å². The fourth-order valence-corrected chi connectivity index (χ4v) is 2.73. The number of methoxy groups -OCH3 is 1. The van der Waals surface area contributed by atoms with Crippen molar-refractivity contribution in [2.24, 2.45) is 0 Å². The van der Waals surface area contributed by atoms with Gasteiger partial charge in [0.2, 0.25) is 8.32 Å². The zero-order valence-electron chi connectivity index (χ0n) is 14.4. The molecule has 0 N–H and O–H groups in total. The van der Waals surface area contributed by atoms with Crippen molar-refractivity contribution in [2.75, 3.05) is 13.7 Å². The number of ether oxygens (including phenoxy) is 2. The largest absolute Gasteiger partial charge is 0.545 e. The third-order valence-electron chi connectivity index (χ3n) is 3.01. The molecule has 0 saturated heterocycles. The fraction of sp³-hybridized carbons (Fsp3) is 0.444. The highest BCUT2D eigenvalue weighted by molar-refractivity contribution is 6.70. The average molecular weight is 321 g/mol. The molecule has 22 heavy (non-hydrogen) atoms. The monoisotopic (exact) mass is 320 g/mol. The van der Waals surface area contributed by atoms with Gasteiger partial charge in [-0.1, -0.05) is 24.8 Å². The summed E-state index contributed by atoms with van der Waals surface area (Å²) >= 11 is 0. The number of hydrogen-bond acceptors (Lipinski definition) is 3. The van der Waals surface area contributed by atoms with Crippen LogP contribution in [-0.2, 0) is 15.8 Å². The summed E-state index contributed by atoms with van der Waals surface area (Å²) < 4.78 is 16.7. The number of rotatable bonds is 9. The molecule has 0 unspecified atom stereocenters. The summed E-state index contributed by atoms with van der Waals surface area (Å²) in [6.07, 6.45) is 2.98. The molecule has 0 saturated carbocycles. The highest BCUT2D eigenvalue weighted by Gasteiger charge is 2.17. The Morgan fingerprint density at radius 1 is 1.18 bits per heavy atom. The van der Waals surface area contributed by atoms with Crippen LogP contribution in [-0.4, -0.2) is 22.0 Å². The van der Waals surface area contributed by atoms with Crippen molar-refractivity contribution < 1.29 is 13.9 Å². The van der Waals surface area contributed by atoms with E-state index >= 15 is 0 Å². The van der Waals surface area contributed by atoms with Crippen LogP contribution >= 0.6 is 0 Å². The van der Waals surface area contributed by atoms with Crippen molar-refractivity contribution >= 4 is 8.32 Å². The molecule has 0 fully saturated rings. The van der Waals surface area contributed by atoms with Crippen molar-refractivity contribution in [1.82, 2.24) is 0 Å². The Bertz CT molecular complexity index is 498. The van der Waals surface area contributed by atoms with Gasteiger partial charge in [-0.05, 0) is 56.3 Å². The first-order valence-electron chi connectivity index (χ1n) is 7.57. The number of hydrogen-bond donors (Lipinski definition) is 0. The van der Waals surface area contributed by atoms with Gasteiger partial charge in [-0.3, -0.25) is 0 Å². The summed E-state index contributed by atoms with van der Waals surface area (Å²) in [4.78, 5) is 0. The Hall–Kier alpha value is -1.52. The van der Waals surface area contributed by atoms with Gasteiger partial charge in [0.15, 0.2) is 0 Å². The Morgan fingerprint density at radius 3 is 2.36 bits per heavy atom. The van der Waals surface area contributed by atoms with E-state index in [1.54, 1.807) is 7.11 Å². The predicted octanol–water partition coefficient (Wildman–Crippen LogP) is 4.91. The standard InChI is InChI=1S/C18H28O3Si/c1-15(16(2)21-22(4,5)6)8-7-13-20-14-17-9-11-18(19-3)12-10-17/h8-12H,2,7,13-14H2,1,3-6H3/b15-8+. The molecule has 0 atom stereocenters. The Morgan fingerprint density at radius 2 is 1.82 bits per heavy atom. The van der Waals surface area contributed by atoms with E-state index in [1.807, 2.05) is 31.2 Å². The normalized spacial score (nSPS) is 12.1. The van der Waals surface area contributed by atoms with Crippen LogP contribution in [0.15, 0.2) is 48.3 Å². The van der Waals surface area contributed by atoms with Crippen molar-refractivity contribution in [1.29, 1.82) is 0 Å². The molecular weight excluding hydrogens is 292 g/mol. The molecule has 122 valence electrons. The first-order valence-corrected chi connectivity index (χ1v) is 11.0. The quantitative estimate of drug-likeness (QED) is 0.280. The number of allylic oxidation sites excluding steroid dienone is 1. The molecule has 0 aliphatic rings. The first kappa shape index (κ1) is 18.5. The average Bonchev–Trinajstić information content (AvgIpc) is 2.45. The van der Waals surface area contributed by atoms with E-state index in [9.17, 15) is 0 Å². The van der Waals surface area contributed by atoms with Crippen LogP contribution in [0.5, 0.6) is 5.75 Å². The third-order valence-corrected chi connectivity index (χ3v) is 3.87. The second-order valence-electron chi connectivity index (χ2n) is 6.21. The second-order valence-corrected chi connectivity index (χ2v) is 10.6. The predicted molar refractivity (Wildman–Crippen MR) is 94.6 cm³/mol. The van der Waals surface area contributed by atoms with Crippen LogP contribution in [0.1, 0.15) is 18.9 Å². The summed E-state index contributed by atoms with van der Waals surface area (Å²) in [6, 6.07) is 7.92. The molecule has 0 aliphatic carbocycles. The van der Waals surface area contributed by atoms with Gasteiger partial charge in [-0.15, -0.1) is 0 Å². The highest BCUT2D eigenvalue weighted by Crippen LogP contribution is 2.16. The third kappa shape index (κ3) is 7.48. The summed E-state index contributed by atoms with van der Waals surface area (Å²) in [5.41, 5.74) is 2.24. The van der Waals surface area contributed by atoms with Crippen molar-refractivity contribution in [2.45, 2.75) is 39.6 Å². The molecule has 3 nitrogen and oxygen atoms in total. The molecule has 1 rings (SSSR count). The van der Waals surface area contributed by atoms with Crippen LogP contribution in [0.2, 0.25) is 19.6 Å². The molecular formula is C18H28O3Si. The molecule has 1 aromatic rings. The van der Waals surface area contributed by atoms with E-state index in [4.69, 9.17) is 13.9 Å². The zero-order chi connectivity index (χ0) is 16.6. The zero-order valence-corrected chi connectivity index (χ0v) is 15.4. The van der Waals surface area contributed by atoms with Crippen LogP contribution in [0.3, 0.4) is 0 Å². The van der Waals surface area contributed by atoms with Gasteiger partial charge in [0, 0.05) is 0 Å². The molecule has 0 aromatic heterocycles. The molecule has 4 heteroatoms. The summed E-state index contributed by atoms with van der Waals surface area (Å²) in [5, 5.41) is 0. The lowest BCUT2D eigenvalue weighted by atomic mass is 10.2. The molecule has 0 radical (unpaired) electrons. The molecule has 0 bridgehead atoms. The van der Waals surface area contributed by atoms with Gasteiger partial charge in [0.05, 0.1) is 26.1 Å². The van der Waals surface area contributed by atoms with E-state index in [1.165, 1.54) is 0 Å². The Labute approximate surface area is 135 Å². The molecule has 0 spiro atoms. The maximum atomic E-state index is 5.87. The Kier molecular flexibility index (Phi) is 7.42. The minimum Gasteiger partial charge on any atom is -0.545 e. The molecule has 1 aromatic carbocycles. The SMILES string of the molecule is C=C(O[Si](C)(C)C)/C(C)=C/CCOCc1ccc(OC)cc1. The van der Waals surface area contributed by atoms with Gasteiger partial charge in [-0.2, -0.15) is 0 Å².